The molecule has 4 rings (SSSR count). The number of ether oxygens (including phenoxy) is 1. The van der Waals surface area contributed by atoms with Gasteiger partial charge in [-0.05, 0) is 83.1 Å². The maximum Gasteiger partial charge on any atom is 0.224 e. The Morgan fingerprint density at radius 3 is 2.53 bits per heavy atom. The number of nitrogens with zero attached hydrogens (tertiary/aromatic N) is 4. The minimum atomic E-state index is -0.313. The highest BCUT2D eigenvalue weighted by Crippen LogP contribution is 2.23. The lowest BCUT2D eigenvalue weighted by Crippen LogP contribution is -2.12. The van der Waals surface area contributed by atoms with E-state index in [0.717, 1.165) is 11.3 Å². The summed E-state index contributed by atoms with van der Waals surface area (Å²) < 4.78 is 20.3. The lowest BCUT2D eigenvalue weighted by atomic mass is 10.1. The van der Waals surface area contributed by atoms with E-state index < -0.39 is 0 Å². The first-order chi connectivity index (χ1) is 14.7. The van der Waals surface area contributed by atoms with Gasteiger partial charge in [-0.25, -0.2) is 9.07 Å². The summed E-state index contributed by atoms with van der Waals surface area (Å²) in [4.78, 5) is 12.3. The third-order valence-corrected chi connectivity index (χ3v) is 4.35. The average Bonchev–Trinajstić information content (AvgIpc) is 3.30. The van der Waals surface area contributed by atoms with Gasteiger partial charge in [0.05, 0.1) is 5.69 Å². The number of amides is 1. The zero-order valence-electron chi connectivity index (χ0n) is 15.9. The molecule has 8 heteroatoms. The molecule has 1 amide bonds. The number of aryl methyl sites for hydroxylation is 1. The van der Waals surface area contributed by atoms with Crippen LogP contribution in [0.5, 0.6) is 11.5 Å². The van der Waals surface area contributed by atoms with E-state index in [1.54, 1.807) is 24.3 Å². The standard InChI is InChI=1S/C22H18FN5O2/c23-17-5-11-20(12-6-17)30-21-3-1-2-16(14-21)4-13-22(29)25-18-7-9-19(10-8-18)28-15-24-26-27-28/h1-3,5-12,14-15H,4,13H2,(H,25,29). The summed E-state index contributed by atoms with van der Waals surface area (Å²) in [7, 11) is 0. The van der Waals surface area contributed by atoms with Crippen molar-refractivity contribution in [3.8, 4) is 17.2 Å². The maximum absolute atomic E-state index is 13.0. The quantitative estimate of drug-likeness (QED) is 0.501. The predicted molar refractivity (Wildman–Crippen MR) is 109 cm³/mol. The van der Waals surface area contributed by atoms with Crippen LogP contribution in [0, 0.1) is 5.82 Å². The van der Waals surface area contributed by atoms with Crippen LogP contribution in [0.1, 0.15) is 12.0 Å². The molecule has 0 saturated carbocycles. The number of hydrogen-bond acceptors (Lipinski definition) is 5. The smallest absolute Gasteiger partial charge is 0.224 e. The molecule has 0 unspecified atom stereocenters. The Balaban J connectivity index is 1.31. The molecule has 0 aliphatic rings. The molecule has 1 heterocycles. The van der Waals surface area contributed by atoms with Gasteiger partial charge in [0.25, 0.3) is 0 Å². The fraction of sp³-hybridized carbons (Fsp3) is 0.0909. The highest BCUT2D eigenvalue weighted by Gasteiger charge is 2.06. The molecule has 0 aliphatic carbocycles. The highest BCUT2D eigenvalue weighted by molar-refractivity contribution is 5.90. The van der Waals surface area contributed by atoms with Crippen molar-refractivity contribution in [1.82, 2.24) is 20.2 Å². The number of anilines is 1. The largest absolute Gasteiger partial charge is 0.457 e. The van der Waals surface area contributed by atoms with Gasteiger partial charge in [0.2, 0.25) is 5.91 Å². The van der Waals surface area contributed by atoms with Crippen LogP contribution in [0.4, 0.5) is 10.1 Å². The fourth-order valence-corrected chi connectivity index (χ4v) is 2.86. The van der Waals surface area contributed by atoms with Gasteiger partial charge in [0, 0.05) is 12.1 Å². The molecule has 1 aromatic heterocycles. The number of hydrogen-bond donors (Lipinski definition) is 1. The van der Waals surface area contributed by atoms with E-state index in [9.17, 15) is 9.18 Å². The van der Waals surface area contributed by atoms with Gasteiger partial charge in [-0.3, -0.25) is 4.79 Å². The lowest BCUT2D eigenvalue weighted by molar-refractivity contribution is -0.116. The minimum Gasteiger partial charge on any atom is -0.457 e. The first-order valence-electron chi connectivity index (χ1n) is 9.31. The number of rotatable bonds is 7. The van der Waals surface area contributed by atoms with Crippen LogP contribution in [-0.2, 0) is 11.2 Å². The van der Waals surface area contributed by atoms with Crippen LogP contribution >= 0.6 is 0 Å². The summed E-state index contributed by atoms with van der Waals surface area (Å²) in [5.41, 5.74) is 2.47. The monoisotopic (exact) mass is 403 g/mol. The fourth-order valence-electron chi connectivity index (χ4n) is 2.86. The normalized spacial score (nSPS) is 10.6. The first-order valence-corrected chi connectivity index (χ1v) is 9.31. The predicted octanol–water partition coefficient (Wildman–Crippen LogP) is 4.17. The van der Waals surface area contributed by atoms with Gasteiger partial charge in [-0.15, -0.1) is 5.10 Å². The molecule has 150 valence electrons. The SMILES string of the molecule is O=C(CCc1cccc(Oc2ccc(F)cc2)c1)Nc1ccc(-n2cnnn2)cc1. The molecule has 0 aliphatic heterocycles. The van der Waals surface area contributed by atoms with Crippen molar-refractivity contribution in [2.24, 2.45) is 0 Å². The van der Waals surface area contributed by atoms with Crippen LogP contribution in [0.25, 0.3) is 5.69 Å². The molecule has 1 N–H and O–H groups in total. The van der Waals surface area contributed by atoms with Crippen LogP contribution in [-0.4, -0.2) is 26.1 Å². The molecule has 0 atom stereocenters. The van der Waals surface area contributed by atoms with Gasteiger partial charge in [-0.1, -0.05) is 12.1 Å². The Kier molecular flexibility index (Phi) is 5.75. The van der Waals surface area contributed by atoms with Crippen molar-refractivity contribution < 1.29 is 13.9 Å². The molecular weight excluding hydrogens is 385 g/mol. The Morgan fingerprint density at radius 1 is 1.00 bits per heavy atom. The number of aromatic nitrogens is 4. The molecule has 0 bridgehead atoms. The number of nitrogens with one attached hydrogen (secondary N) is 1. The third kappa shape index (κ3) is 5.05. The summed E-state index contributed by atoms with van der Waals surface area (Å²) in [6, 6.07) is 20.6. The molecule has 4 aromatic rings. The van der Waals surface area contributed by atoms with Crippen LogP contribution < -0.4 is 10.1 Å². The van der Waals surface area contributed by atoms with Crippen molar-refractivity contribution >= 4 is 11.6 Å². The van der Waals surface area contributed by atoms with Crippen LogP contribution in [0.15, 0.2) is 79.1 Å². The number of halogens is 1. The first kappa shape index (κ1) is 19.3. The number of carbonyl (C=O) groups excluding carboxylic acids is 1. The number of carbonyl (C=O) groups is 1. The second-order valence-electron chi connectivity index (χ2n) is 6.55. The Hall–Kier alpha value is -4.07. The zero-order valence-corrected chi connectivity index (χ0v) is 15.9. The van der Waals surface area contributed by atoms with E-state index in [2.05, 4.69) is 20.8 Å². The van der Waals surface area contributed by atoms with Gasteiger partial charge < -0.3 is 10.1 Å². The van der Waals surface area contributed by atoms with Gasteiger partial charge in [0.1, 0.15) is 23.6 Å². The molecule has 0 radical (unpaired) electrons. The average molecular weight is 403 g/mol. The van der Waals surface area contributed by atoms with E-state index in [0.29, 0.717) is 30.0 Å². The molecule has 0 spiro atoms. The molecule has 0 saturated heterocycles. The van der Waals surface area contributed by atoms with Crippen molar-refractivity contribution in [2.45, 2.75) is 12.8 Å². The minimum absolute atomic E-state index is 0.0879. The van der Waals surface area contributed by atoms with Gasteiger partial charge in [0.15, 0.2) is 0 Å². The van der Waals surface area contributed by atoms with E-state index in [4.69, 9.17) is 4.74 Å². The lowest BCUT2D eigenvalue weighted by Gasteiger charge is -2.09. The Labute approximate surface area is 172 Å². The highest BCUT2D eigenvalue weighted by atomic mass is 19.1. The number of benzene rings is 3. The van der Waals surface area contributed by atoms with Crippen molar-refractivity contribution in [1.29, 1.82) is 0 Å². The second-order valence-corrected chi connectivity index (χ2v) is 6.55. The summed E-state index contributed by atoms with van der Waals surface area (Å²) >= 11 is 0. The summed E-state index contributed by atoms with van der Waals surface area (Å²) in [6.45, 7) is 0. The molecule has 7 nitrogen and oxygen atoms in total. The Bertz CT molecular complexity index is 1110. The third-order valence-electron chi connectivity index (χ3n) is 4.35. The van der Waals surface area contributed by atoms with E-state index in [1.807, 2.05) is 36.4 Å². The van der Waals surface area contributed by atoms with Gasteiger partial charge in [-0.2, -0.15) is 0 Å². The van der Waals surface area contributed by atoms with Crippen molar-refractivity contribution in [3.63, 3.8) is 0 Å². The topological polar surface area (TPSA) is 81.9 Å². The second kappa shape index (κ2) is 8.95. The molecule has 3 aromatic carbocycles. The Morgan fingerprint density at radius 2 is 1.80 bits per heavy atom. The van der Waals surface area contributed by atoms with E-state index >= 15 is 0 Å². The van der Waals surface area contributed by atoms with E-state index in [-0.39, 0.29) is 11.7 Å². The van der Waals surface area contributed by atoms with Crippen molar-refractivity contribution in [2.75, 3.05) is 5.32 Å². The summed E-state index contributed by atoms with van der Waals surface area (Å²) in [5, 5.41) is 13.9. The molecule has 0 fully saturated rings. The summed E-state index contributed by atoms with van der Waals surface area (Å²) in [5.74, 6) is 0.788. The van der Waals surface area contributed by atoms with Crippen LogP contribution in [0.2, 0.25) is 0 Å². The number of tetrazole rings is 1. The molecule has 30 heavy (non-hydrogen) atoms. The van der Waals surface area contributed by atoms with Gasteiger partial charge >= 0.3 is 0 Å². The van der Waals surface area contributed by atoms with E-state index in [1.165, 1.54) is 23.1 Å². The van der Waals surface area contributed by atoms with Crippen molar-refractivity contribution in [3.05, 3.63) is 90.5 Å². The zero-order chi connectivity index (χ0) is 20.8. The summed E-state index contributed by atoms with van der Waals surface area (Å²) in [6.07, 6.45) is 2.39. The van der Waals surface area contributed by atoms with Crippen LogP contribution in [0.3, 0.4) is 0 Å². The maximum atomic E-state index is 13.0. The molecular formula is C22H18FN5O2.